The van der Waals surface area contributed by atoms with Gasteiger partial charge < -0.3 is 10.6 Å². The maximum absolute atomic E-state index is 12.5. The lowest BCUT2D eigenvalue weighted by molar-refractivity contribution is -0.136. The normalized spacial score (nSPS) is 19.7. The maximum atomic E-state index is 12.5. The van der Waals surface area contributed by atoms with Crippen molar-refractivity contribution in [1.82, 2.24) is 5.32 Å². The number of amides is 2. The fraction of sp³-hybridized carbons (Fsp3) is 0.364. The van der Waals surface area contributed by atoms with Gasteiger partial charge in [0.2, 0.25) is 0 Å². The van der Waals surface area contributed by atoms with Gasteiger partial charge in [-0.3, -0.25) is 9.59 Å². The molecule has 136 valence electrons. The average Bonchev–Trinajstić information content (AvgIpc) is 3.36. The zero-order chi connectivity index (χ0) is 18.7. The molecule has 0 heterocycles. The molecule has 4 heteroatoms. The largest absolute Gasteiger partial charge is 0.341 e. The molecule has 0 saturated heterocycles. The van der Waals surface area contributed by atoms with Crippen molar-refractivity contribution in [3.63, 3.8) is 0 Å². The van der Waals surface area contributed by atoms with Crippen molar-refractivity contribution in [1.29, 1.82) is 0 Å². The van der Waals surface area contributed by atoms with E-state index in [2.05, 4.69) is 31.4 Å². The SMILES string of the molecule is CC(C)c1cccc(NC(=O)C(=O)NC(c2ccccc2)C2CC2C)c1. The molecule has 0 aromatic heterocycles. The van der Waals surface area contributed by atoms with Crippen molar-refractivity contribution in [2.24, 2.45) is 11.8 Å². The summed E-state index contributed by atoms with van der Waals surface area (Å²) in [4.78, 5) is 24.8. The fourth-order valence-electron chi connectivity index (χ4n) is 3.28. The third-order valence-corrected chi connectivity index (χ3v) is 5.06. The molecule has 3 unspecified atom stereocenters. The van der Waals surface area contributed by atoms with Crippen molar-refractivity contribution in [3.05, 3.63) is 65.7 Å². The molecule has 3 atom stereocenters. The van der Waals surface area contributed by atoms with Crippen LogP contribution in [0.5, 0.6) is 0 Å². The topological polar surface area (TPSA) is 58.2 Å². The van der Waals surface area contributed by atoms with E-state index in [9.17, 15) is 9.59 Å². The van der Waals surface area contributed by atoms with Gasteiger partial charge >= 0.3 is 11.8 Å². The molecule has 3 rings (SSSR count). The zero-order valence-corrected chi connectivity index (χ0v) is 15.5. The van der Waals surface area contributed by atoms with E-state index < -0.39 is 11.8 Å². The second-order valence-corrected chi connectivity index (χ2v) is 7.47. The second kappa shape index (κ2) is 7.73. The molecule has 1 fully saturated rings. The van der Waals surface area contributed by atoms with Crippen molar-refractivity contribution in [2.45, 2.75) is 39.2 Å². The van der Waals surface area contributed by atoms with Crippen molar-refractivity contribution in [2.75, 3.05) is 5.32 Å². The predicted octanol–water partition coefficient (Wildman–Crippen LogP) is 4.26. The number of rotatable bonds is 5. The monoisotopic (exact) mass is 350 g/mol. The Labute approximate surface area is 155 Å². The van der Waals surface area contributed by atoms with Gasteiger partial charge in [-0.25, -0.2) is 0 Å². The Morgan fingerprint density at radius 2 is 1.62 bits per heavy atom. The van der Waals surface area contributed by atoms with Crippen LogP contribution in [0.4, 0.5) is 5.69 Å². The number of hydrogen-bond acceptors (Lipinski definition) is 2. The van der Waals surface area contributed by atoms with Gasteiger partial charge in [0.1, 0.15) is 0 Å². The summed E-state index contributed by atoms with van der Waals surface area (Å²) in [6.45, 7) is 6.36. The zero-order valence-electron chi connectivity index (χ0n) is 15.5. The first-order chi connectivity index (χ1) is 12.5. The Hall–Kier alpha value is -2.62. The Kier molecular flexibility index (Phi) is 5.40. The first kappa shape index (κ1) is 18.2. The van der Waals surface area contributed by atoms with Crippen LogP contribution in [0.15, 0.2) is 54.6 Å². The van der Waals surface area contributed by atoms with E-state index in [4.69, 9.17) is 0 Å². The maximum Gasteiger partial charge on any atom is 0.313 e. The summed E-state index contributed by atoms with van der Waals surface area (Å²) in [6.07, 6.45) is 1.07. The molecule has 2 N–H and O–H groups in total. The number of benzene rings is 2. The minimum atomic E-state index is -0.625. The Balaban J connectivity index is 1.68. The molecule has 0 aliphatic heterocycles. The summed E-state index contributed by atoms with van der Waals surface area (Å²) in [5.74, 6) is 0.0947. The van der Waals surface area contributed by atoms with Gasteiger partial charge in [-0.1, -0.05) is 63.2 Å². The van der Waals surface area contributed by atoms with E-state index in [-0.39, 0.29) is 6.04 Å². The number of carbonyl (C=O) groups is 2. The first-order valence-electron chi connectivity index (χ1n) is 9.22. The van der Waals surface area contributed by atoms with Crippen LogP contribution in [0, 0.1) is 11.8 Å². The molecule has 0 radical (unpaired) electrons. The smallest absolute Gasteiger partial charge is 0.313 e. The Bertz CT molecular complexity index is 786. The molecular formula is C22H26N2O2. The molecule has 1 aliphatic rings. The van der Waals surface area contributed by atoms with Gasteiger partial charge in [0, 0.05) is 5.69 Å². The summed E-state index contributed by atoms with van der Waals surface area (Å²) in [5, 5.41) is 5.65. The van der Waals surface area contributed by atoms with Gasteiger partial charge in [-0.2, -0.15) is 0 Å². The lowest BCUT2D eigenvalue weighted by Crippen LogP contribution is -2.38. The van der Waals surface area contributed by atoms with Crippen LogP contribution in [0.3, 0.4) is 0 Å². The van der Waals surface area contributed by atoms with Crippen LogP contribution >= 0.6 is 0 Å². The first-order valence-corrected chi connectivity index (χ1v) is 9.22. The third kappa shape index (κ3) is 4.31. The number of nitrogens with one attached hydrogen (secondary N) is 2. The standard InChI is InChI=1S/C22H26N2O2/c1-14(2)17-10-7-11-18(13-17)23-21(25)22(26)24-20(19-12-15(19)3)16-8-5-4-6-9-16/h4-11,13-15,19-20H,12H2,1-3H3,(H,23,25)(H,24,26). The quantitative estimate of drug-likeness (QED) is 0.792. The summed E-state index contributed by atoms with van der Waals surface area (Å²) in [7, 11) is 0. The molecule has 0 bridgehead atoms. The van der Waals surface area contributed by atoms with Crippen LogP contribution < -0.4 is 10.6 Å². The number of anilines is 1. The van der Waals surface area contributed by atoms with E-state index in [0.717, 1.165) is 17.5 Å². The molecule has 0 spiro atoms. The van der Waals surface area contributed by atoms with Gasteiger partial charge in [0.15, 0.2) is 0 Å². The van der Waals surface area contributed by atoms with Crippen LogP contribution in [0.2, 0.25) is 0 Å². The summed E-state index contributed by atoms with van der Waals surface area (Å²) < 4.78 is 0. The number of carbonyl (C=O) groups excluding carboxylic acids is 2. The molecule has 2 aromatic rings. The van der Waals surface area contributed by atoms with Crippen LogP contribution in [0.1, 0.15) is 50.3 Å². The molecule has 2 aromatic carbocycles. The summed E-state index contributed by atoms with van der Waals surface area (Å²) >= 11 is 0. The highest BCUT2D eigenvalue weighted by Gasteiger charge is 2.41. The molecule has 1 aliphatic carbocycles. The molecule has 2 amide bonds. The number of hydrogen-bond donors (Lipinski definition) is 2. The van der Waals surface area contributed by atoms with Crippen LogP contribution in [-0.2, 0) is 9.59 Å². The highest BCUT2D eigenvalue weighted by Crippen LogP contribution is 2.46. The third-order valence-electron chi connectivity index (χ3n) is 5.06. The Morgan fingerprint density at radius 1 is 0.962 bits per heavy atom. The molecule has 1 saturated carbocycles. The molecule has 26 heavy (non-hydrogen) atoms. The highest BCUT2D eigenvalue weighted by atomic mass is 16.2. The Morgan fingerprint density at radius 3 is 2.23 bits per heavy atom. The fourth-order valence-corrected chi connectivity index (χ4v) is 3.28. The highest BCUT2D eigenvalue weighted by molar-refractivity contribution is 6.39. The molecule has 4 nitrogen and oxygen atoms in total. The van der Waals surface area contributed by atoms with Crippen molar-refractivity contribution >= 4 is 17.5 Å². The van der Waals surface area contributed by atoms with E-state index in [1.807, 2.05) is 48.5 Å². The minimum Gasteiger partial charge on any atom is -0.341 e. The van der Waals surface area contributed by atoms with Gasteiger partial charge in [0.05, 0.1) is 6.04 Å². The lowest BCUT2D eigenvalue weighted by atomic mass is 10.0. The second-order valence-electron chi connectivity index (χ2n) is 7.47. The predicted molar refractivity (Wildman–Crippen MR) is 104 cm³/mol. The van der Waals surface area contributed by atoms with Crippen LogP contribution in [0.25, 0.3) is 0 Å². The average molecular weight is 350 g/mol. The van der Waals surface area contributed by atoms with Gasteiger partial charge in [0.25, 0.3) is 0 Å². The van der Waals surface area contributed by atoms with E-state index in [1.165, 1.54) is 0 Å². The van der Waals surface area contributed by atoms with Crippen LogP contribution in [-0.4, -0.2) is 11.8 Å². The van der Waals surface area contributed by atoms with Gasteiger partial charge in [-0.05, 0) is 47.4 Å². The minimum absolute atomic E-state index is 0.119. The van der Waals surface area contributed by atoms with Crippen molar-refractivity contribution < 1.29 is 9.59 Å². The van der Waals surface area contributed by atoms with E-state index >= 15 is 0 Å². The van der Waals surface area contributed by atoms with E-state index in [1.54, 1.807) is 6.07 Å². The lowest BCUT2D eigenvalue weighted by Gasteiger charge is -2.19. The molecular weight excluding hydrogens is 324 g/mol. The van der Waals surface area contributed by atoms with Gasteiger partial charge in [-0.15, -0.1) is 0 Å². The summed E-state index contributed by atoms with van der Waals surface area (Å²) in [5.41, 5.74) is 2.81. The van der Waals surface area contributed by atoms with E-state index in [0.29, 0.717) is 23.4 Å². The summed E-state index contributed by atoms with van der Waals surface area (Å²) in [6, 6.07) is 17.4. The van der Waals surface area contributed by atoms with Crippen molar-refractivity contribution in [3.8, 4) is 0 Å².